The van der Waals surface area contributed by atoms with Gasteiger partial charge in [-0.25, -0.2) is 18.4 Å². The van der Waals surface area contributed by atoms with Gasteiger partial charge in [0, 0.05) is 34.9 Å². The SMILES string of the molecule is C[C@@H](n1cc2cc(NC3CCCC3)ccc2n1)[C@](O)(Cn1cncn1)c1ccc(F)cc1F. The maximum atomic E-state index is 14.8. The molecular weight excluding hydrogens is 426 g/mol. The van der Waals surface area contributed by atoms with Crippen LogP contribution in [0.2, 0.25) is 0 Å². The Morgan fingerprint density at radius 1 is 1.18 bits per heavy atom. The van der Waals surface area contributed by atoms with E-state index in [0.29, 0.717) is 6.04 Å². The molecule has 0 amide bonds. The van der Waals surface area contributed by atoms with E-state index in [1.54, 1.807) is 11.6 Å². The molecule has 4 aromatic rings. The molecular formula is C24H26F2N6O. The number of rotatable bonds is 7. The molecule has 0 bridgehead atoms. The monoisotopic (exact) mass is 452 g/mol. The Morgan fingerprint density at radius 3 is 2.73 bits per heavy atom. The number of hydrogen-bond acceptors (Lipinski definition) is 5. The number of benzene rings is 2. The first-order chi connectivity index (χ1) is 15.9. The van der Waals surface area contributed by atoms with Crippen LogP contribution < -0.4 is 5.32 Å². The lowest BCUT2D eigenvalue weighted by Gasteiger charge is -2.34. The van der Waals surface area contributed by atoms with Gasteiger partial charge in [0.15, 0.2) is 0 Å². The van der Waals surface area contributed by atoms with E-state index in [1.165, 1.54) is 49.1 Å². The first-order valence-electron chi connectivity index (χ1n) is 11.2. The maximum absolute atomic E-state index is 14.8. The Morgan fingerprint density at radius 2 is 2.00 bits per heavy atom. The third kappa shape index (κ3) is 4.20. The van der Waals surface area contributed by atoms with Crippen molar-refractivity contribution in [1.29, 1.82) is 0 Å². The fourth-order valence-electron chi connectivity index (χ4n) is 4.70. The van der Waals surface area contributed by atoms with Crippen LogP contribution in [0, 0.1) is 11.6 Å². The molecule has 0 spiro atoms. The summed E-state index contributed by atoms with van der Waals surface area (Å²) in [5.74, 6) is -1.54. The molecule has 5 rings (SSSR count). The summed E-state index contributed by atoms with van der Waals surface area (Å²) >= 11 is 0. The van der Waals surface area contributed by atoms with Gasteiger partial charge in [-0.1, -0.05) is 18.9 Å². The van der Waals surface area contributed by atoms with Gasteiger partial charge in [-0.15, -0.1) is 0 Å². The van der Waals surface area contributed by atoms with E-state index in [9.17, 15) is 13.9 Å². The molecule has 2 atom stereocenters. The smallest absolute Gasteiger partial charge is 0.137 e. The van der Waals surface area contributed by atoms with Crippen LogP contribution in [-0.4, -0.2) is 35.7 Å². The molecule has 1 saturated carbocycles. The minimum atomic E-state index is -1.77. The second-order valence-electron chi connectivity index (χ2n) is 8.83. The zero-order valence-corrected chi connectivity index (χ0v) is 18.3. The fourth-order valence-corrected chi connectivity index (χ4v) is 4.70. The molecule has 2 N–H and O–H groups in total. The Balaban J connectivity index is 1.50. The molecule has 7 nitrogen and oxygen atoms in total. The quantitative estimate of drug-likeness (QED) is 0.434. The minimum absolute atomic E-state index is 0.0324. The van der Waals surface area contributed by atoms with Crippen molar-refractivity contribution >= 4 is 16.6 Å². The summed E-state index contributed by atoms with van der Waals surface area (Å²) in [7, 11) is 0. The van der Waals surface area contributed by atoms with Gasteiger partial charge in [-0.3, -0.25) is 4.68 Å². The van der Waals surface area contributed by atoms with Crippen molar-refractivity contribution in [3.63, 3.8) is 0 Å². The van der Waals surface area contributed by atoms with Crippen molar-refractivity contribution in [3.05, 3.63) is 72.4 Å². The number of aliphatic hydroxyl groups is 1. The van der Waals surface area contributed by atoms with E-state index in [1.807, 2.05) is 24.4 Å². The number of nitrogens with zero attached hydrogens (tertiary/aromatic N) is 5. The largest absolute Gasteiger partial charge is 0.382 e. The number of hydrogen-bond donors (Lipinski definition) is 2. The van der Waals surface area contributed by atoms with Crippen LogP contribution >= 0.6 is 0 Å². The van der Waals surface area contributed by atoms with Crippen molar-refractivity contribution in [3.8, 4) is 0 Å². The lowest BCUT2D eigenvalue weighted by molar-refractivity contribution is -0.0366. The zero-order valence-electron chi connectivity index (χ0n) is 18.3. The predicted molar refractivity (Wildman–Crippen MR) is 121 cm³/mol. The van der Waals surface area contributed by atoms with Crippen LogP contribution in [0.25, 0.3) is 10.9 Å². The third-order valence-corrected chi connectivity index (χ3v) is 6.60. The zero-order chi connectivity index (χ0) is 23.0. The summed E-state index contributed by atoms with van der Waals surface area (Å²) in [6, 6.07) is 8.96. The average Bonchev–Trinajstić information content (AvgIpc) is 3.55. The summed E-state index contributed by atoms with van der Waals surface area (Å²) in [5, 5.41) is 25.0. The maximum Gasteiger partial charge on any atom is 0.137 e. The summed E-state index contributed by atoms with van der Waals surface area (Å²) in [6.07, 6.45) is 9.47. The molecule has 0 saturated heterocycles. The lowest BCUT2D eigenvalue weighted by Crippen LogP contribution is -2.40. The molecule has 1 fully saturated rings. The molecule has 0 unspecified atom stereocenters. The average molecular weight is 453 g/mol. The Kier molecular flexibility index (Phi) is 5.57. The molecule has 9 heteroatoms. The number of fused-ring (bicyclic) bond motifs is 1. The molecule has 1 aliphatic carbocycles. The second kappa shape index (κ2) is 8.55. The highest BCUT2D eigenvalue weighted by Crippen LogP contribution is 2.37. The van der Waals surface area contributed by atoms with Gasteiger partial charge in [-0.2, -0.15) is 10.2 Å². The van der Waals surface area contributed by atoms with Crippen LogP contribution in [0.4, 0.5) is 14.5 Å². The van der Waals surface area contributed by atoms with Crippen molar-refractivity contribution in [1.82, 2.24) is 24.5 Å². The molecule has 2 heterocycles. The van der Waals surface area contributed by atoms with Crippen LogP contribution in [-0.2, 0) is 12.1 Å². The molecule has 0 radical (unpaired) electrons. The van der Waals surface area contributed by atoms with Crippen molar-refractivity contribution in [2.75, 3.05) is 5.32 Å². The molecule has 172 valence electrons. The summed E-state index contributed by atoms with van der Waals surface area (Å²) in [4.78, 5) is 3.91. The van der Waals surface area contributed by atoms with E-state index in [2.05, 4.69) is 20.5 Å². The number of halogens is 2. The van der Waals surface area contributed by atoms with Gasteiger partial charge in [0.25, 0.3) is 0 Å². The predicted octanol–water partition coefficient (Wildman–Crippen LogP) is 4.41. The first kappa shape index (κ1) is 21.5. The Labute approximate surface area is 190 Å². The normalized spacial score (nSPS) is 17.3. The van der Waals surface area contributed by atoms with Gasteiger partial charge in [-0.05, 0) is 44.0 Å². The van der Waals surface area contributed by atoms with Crippen molar-refractivity contribution in [2.45, 2.75) is 56.8 Å². The highest BCUT2D eigenvalue weighted by atomic mass is 19.1. The topological polar surface area (TPSA) is 80.8 Å². The number of nitrogens with one attached hydrogen (secondary N) is 1. The Hall–Kier alpha value is -3.33. The van der Waals surface area contributed by atoms with E-state index in [-0.39, 0.29) is 12.1 Å². The van der Waals surface area contributed by atoms with Gasteiger partial charge >= 0.3 is 0 Å². The number of anilines is 1. The fraction of sp³-hybridized carbons (Fsp3) is 0.375. The van der Waals surface area contributed by atoms with Gasteiger partial charge in [0.05, 0.1) is 18.1 Å². The molecule has 0 aliphatic heterocycles. The molecule has 2 aromatic heterocycles. The van der Waals surface area contributed by atoms with Crippen LogP contribution in [0.15, 0.2) is 55.2 Å². The minimum Gasteiger partial charge on any atom is -0.382 e. The van der Waals surface area contributed by atoms with Gasteiger partial charge in [0.1, 0.15) is 29.9 Å². The standard InChI is InChI=1S/C24H26F2N6O/c1-16(24(33,13-31-15-27-14-28-31)21-8-6-18(25)11-22(21)26)32-12-17-10-20(7-9-23(17)30-32)29-19-4-2-3-5-19/h6-12,14-16,19,29,33H,2-5,13H2,1H3/t16-,24-/m1/s1. The van der Waals surface area contributed by atoms with E-state index in [0.717, 1.165) is 28.7 Å². The summed E-state index contributed by atoms with van der Waals surface area (Å²) in [6.45, 7) is 1.67. The van der Waals surface area contributed by atoms with Crippen LogP contribution in [0.1, 0.15) is 44.2 Å². The molecule has 33 heavy (non-hydrogen) atoms. The summed E-state index contributed by atoms with van der Waals surface area (Å²) < 4.78 is 31.5. The Bertz CT molecular complexity index is 1250. The highest BCUT2D eigenvalue weighted by molar-refractivity contribution is 5.82. The van der Waals surface area contributed by atoms with Crippen molar-refractivity contribution < 1.29 is 13.9 Å². The van der Waals surface area contributed by atoms with Gasteiger partial charge in [0.2, 0.25) is 0 Å². The summed E-state index contributed by atoms with van der Waals surface area (Å²) in [5.41, 5.74) is -0.000969. The first-order valence-corrected chi connectivity index (χ1v) is 11.2. The van der Waals surface area contributed by atoms with Crippen molar-refractivity contribution in [2.24, 2.45) is 0 Å². The van der Waals surface area contributed by atoms with E-state index < -0.39 is 23.3 Å². The molecule has 2 aromatic carbocycles. The lowest BCUT2D eigenvalue weighted by atomic mass is 9.86. The van der Waals surface area contributed by atoms with Gasteiger partial charge < -0.3 is 10.4 Å². The molecule has 1 aliphatic rings. The number of aromatic nitrogens is 5. The second-order valence-corrected chi connectivity index (χ2v) is 8.83. The van der Waals surface area contributed by atoms with Crippen LogP contribution in [0.5, 0.6) is 0 Å². The van der Waals surface area contributed by atoms with E-state index >= 15 is 0 Å². The van der Waals surface area contributed by atoms with E-state index in [4.69, 9.17) is 0 Å². The van der Waals surface area contributed by atoms with Crippen LogP contribution in [0.3, 0.4) is 0 Å². The highest BCUT2D eigenvalue weighted by Gasteiger charge is 2.41. The third-order valence-electron chi connectivity index (χ3n) is 6.60.